The minimum Gasteiger partial charge on any atom is -0.461 e. The summed E-state index contributed by atoms with van der Waals surface area (Å²) in [6.07, 6.45) is 4.31. The fraction of sp³-hybridized carbons (Fsp3) is 0.455. The molecule has 8 heteroatoms. The van der Waals surface area contributed by atoms with Crippen molar-refractivity contribution in [3.63, 3.8) is 0 Å². The summed E-state index contributed by atoms with van der Waals surface area (Å²) < 4.78 is 12.1. The molecular formula is C11H16N6O2. The zero-order valence-corrected chi connectivity index (χ0v) is 10.7. The Morgan fingerprint density at radius 2 is 2.11 bits per heavy atom. The first-order valence-corrected chi connectivity index (χ1v) is 6.01. The summed E-state index contributed by atoms with van der Waals surface area (Å²) in [6.45, 7) is 3.60. The van der Waals surface area contributed by atoms with Gasteiger partial charge in [-0.25, -0.2) is 4.68 Å². The third kappa shape index (κ3) is 3.88. The van der Waals surface area contributed by atoms with Gasteiger partial charge in [-0.2, -0.15) is 20.1 Å². The van der Waals surface area contributed by atoms with Crippen LogP contribution in [0, 0.1) is 0 Å². The molecule has 0 spiro atoms. The highest BCUT2D eigenvalue weighted by atomic mass is 16.5. The number of hydrogen-bond donors (Lipinski definition) is 1. The van der Waals surface area contributed by atoms with Gasteiger partial charge in [0.25, 0.3) is 5.95 Å². The molecular weight excluding hydrogens is 248 g/mol. The van der Waals surface area contributed by atoms with E-state index in [9.17, 15) is 0 Å². The number of anilines is 1. The van der Waals surface area contributed by atoms with Crippen molar-refractivity contribution in [1.82, 2.24) is 24.7 Å². The highest BCUT2D eigenvalue weighted by molar-refractivity contribution is 5.24. The van der Waals surface area contributed by atoms with Crippen LogP contribution in [0.25, 0.3) is 5.95 Å². The third-order valence-electron chi connectivity index (χ3n) is 2.14. The Kier molecular flexibility index (Phi) is 4.62. The standard InChI is InChI=1S/C11H16N6O2/c1-2-6-18-7-8-19-11-15-9(12)14-10(16-11)17-5-3-4-13-17/h3-5H,2,6-8H2,1H3,(H2,12,14,15,16). The van der Waals surface area contributed by atoms with Crippen molar-refractivity contribution in [3.05, 3.63) is 18.5 Å². The van der Waals surface area contributed by atoms with E-state index in [2.05, 4.69) is 20.1 Å². The van der Waals surface area contributed by atoms with Crippen molar-refractivity contribution in [2.45, 2.75) is 13.3 Å². The molecule has 2 N–H and O–H groups in total. The first-order chi connectivity index (χ1) is 9.29. The molecule has 0 aliphatic heterocycles. The maximum absolute atomic E-state index is 5.60. The van der Waals surface area contributed by atoms with Gasteiger partial charge in [0.2, 0.25) is 5.95 Å². The Hall–Kier alpha value is -2.22. The van der Waals surface area contributed by atoms with E-state index < -0.39 is 0 Å². The molecule has 0 aliphatic rings. The van der Waals surface area contributed by atoms with E-state index in [0.717, 1.165) is 6.42 Å². The van der Waals surface area contributed by atoms with E-state index in [1.165, 1.54) is 4.68 Å². The fourth-order valence-electron chi connectivity index (χ4n) is 1.35. The molecule has 2 heterocycles. The SMILES string of the molecule is CCCOCCOc1nc(N)nc(-n2cccn2)n1. The number of nitrogens with zero attached hydrogens (tertiary/aromatic N) is 5. The molecule has 0 amide bonds. The second kappa shape index (κ2) is 6.64. The molecule has 0 radical (unpaired) electrons. The van der Waals surface area contributed by atoms with E-state index >= 15 is 0 Å². The predicted molar refractivity (Wildman–Crippen MR) is 68.0 cm³/mol. The zero-order valence-electron chi connectivity index (χ0n) is 10.7. The normalized spacial score (nSPS) is 10.6. The lowest BCUT2D eigenvalue weighted by Gasteiger charge is -2.06. The van der Waals surface area contributed by atoms with E-state index in [0.29, 0.717) is 25.8 Å². The zero-order chi connectivity index (χ0) is 13.5. The average Bonchev–Trinajstić information content (AvgIpc) is 2.92. The topological polar surface area (TPSA) is 101 Å². The van der Waals surface area contributed by atoms with Crippen molar-refractivity contribution >= 4 is 5.95 Å². The van der Waals surface area contributed by atoms with Crippen molar-refractivity contribution in [2.75, 3.05) is 25.6 Å². The maximum Gasteiger partial charge on any atom is 0.323 e. The fourth-order valence-corrected chi connectivity index (χ4v) is 1.35. The van der Waals surface area contributed by atoms with Crippen molar-refractivity contribution in [1.29, 1.82) is 0 Å². The number of ether oxygens (including phenoxy) is 2. The Morgan fingerprint density at radius 3 is 2.84 bits per heavy atom. The van der Waals surface area contributed by atoms with Gasteiger partial charge in [0.15, 0.2) is 0 Å². The van der Waals surface area contributed by atoms with Gasteiger partial charge in [-0.05, 0) is 12.5 Å². The van der Waals surface area contributed by atoms with Crippen LogP contribution in [-0.2, 0) is 4.74 Å². The molecule has 0 saturated heterocycles. The highest BCUT2D eigenvalue weighted by Crippen LogP contribution is 2.08. The maximum atomic E-state index is 5.60. The molecule has 2 aromatic rings. The van der Waals surface area contributed by atoms with Gasteiger partial charge in [-0.3, -0.25) is 0 Å². The average molecular weight is 264 g/mol. The summed E-state index contributed by atoms with van der Waals surface area (Å²) in [5.74, 6) is 0.409. The lowest BCUT2D eigenvalue weighted by molar-refractivity contribution is 0.0971. The van der Waals surface area contributed by atoms with Crippen LogP contribution in [0.1, 0.15) is 13.3 Å². The highest BCUT2D eigenvalue weighted by Gasteiger charge is 2.07. The van der Waals surface area contributed by atoms with Gasteiger partial charge in [-0.1, -0.05) is 6.92 Å². The summed E-state index contributed by atoms with van der Waals surface area (Å²) in [4.78, 5) is 12.0. The minimum atomic E-state index is 0.0879. The molecule has 0 saturated carbocycles. The minimum absolute atomic E-state index is 0.0879. The summed E-state index contributed by atoms with van der Waals surface area (Å²) >= 11 is 0. The van der Waals surface area contributed by atoms with E-state index in [1.807, 2.05) is 6.92 Å². The second-order valence-electron chi connectivity index (χ2n) is 3.69. The predicted octanol–water partition coefficient (Wildman–Crippen LogP) is 0.445. The first-order valence-electron chi connectivity index (χ1n) is 6.01. The lowest BCUT2D eigenvalue weighted by Crippen LogP contribution is -2.12. The summed E-state index contributed by atoms with van der Waals surface area (Å²) in [5.41, 5.74) is 5.60. The van der Waals surface area contributed by atoms with Gasteiger partial charge in [0, 0.05) is 19.0 Å². The first kappa shape index (κ1) is 13.2. The molecule has 0 unspecified atom stereocenters. The summed E-state index contributed by atoms with van der Waals surface area (Å²) in [6, 6.07) is 1.93. The number of nitrogen functional groups attached to an aromatic ring is 1. The summed E-state index contributed by atoms with van der Waals surface area (Å²) in [7, 11) is 0. The molecule has 0 atom stereocenters. The monoisotopic (exact) mass is 264 g/mol. The summed E-state index contributed by atoms with van der Waals surface area (Å²) in [5, 5.41) is 4.02. The van der Waals surface area contributed by atoms with Crippen molar-refractivity contribution in [2.24, 2.45) is 0 Å². The van der Waals surface area contributed by atoms with Crippen LogP contribution in [0.4, 0.5) is 5.95 Å². The van der Waals surface area contributed by atoms with E-state index in [4.69, 9.17) is 15.2 Å². The van der Waals surface area contributed by atoms with Gasteiger partial charge in [-0.15, -0.1) is 0 Å². The van der Waals surface area contributed by atoms with Crippen LogP contribution >= 0.6 is 0 Å². The number of nitrogens with two attached hydrogens (primary N) is 1. The molecule has 8 nitrogen and oxygen atoms in total. The van der Waals surface area contributed by atoms with Crippen LogP contribution in [0.3, 0.4) is 0 Å². The Morgan fingerprint density at radius 1 is 1.21 bits per heavy atom. The number of rotatable bonds is 7. The van der Waals surface area contributed by atoms with Gasteiger partial charge >= 0.3 is 6.01 Å². The molecule has 0 bridgehead atoms. The van der Waals surface area contributed by atoms with Crippen molar-refractivity contribution in [3.8, 4) is 12.0 Å². The van der Waals surface area contributed by atoms with Crippen LogP contribution in [-0.4, -0.2) is 44.6 Å². The third-order valence-corrected chi connectivity index (χ3v) is 2.14. The van der Waals surface area contributed by atoms with Crippen molar-refractivity contribution < 1.29 is 9.47 Å². The quantitative estimate of drug-likeness (QED) is 0.724. The van der Waals surface area contributed by atoms with Crippen LogP contribution in [0.15, 0.2) is 18.5 Å². The number of hydrogen-bond acceptors (Lipinski definition) is 7. The molecule has 0 aliphatic carbocycles. The lowest BCUT2D eigenvalue weighted by atomic mass is 10.5. The molecule has 2 rings (SSSR count). The number of aromatic nitrogens is 5. The van der Waals surface area contributed by atoms with Gasteiger partial charge in [0.05, 0.1) is 6.61 Å². The smallest absolute Gasteiger partial charge is 0.323 e. The molecule has 0 fully saturated rings. The van der Waals surface area contributed by atoms with E-state index in [1.54, 1.807) is 18.5 Å². The van der Waals surface area contributed by atoms with Crippen LogP contribution in [0.5, 0.6) is 6.01 Å². The van der Waals surface area contributed by atoms with E-state index in [-0.39, 0.29) is 12.0 Å². The second-order valence-corrected chi connectivity index (χ2v) is 3.69. The molecule has 2 aromatic heterocycles. The Bertz CT molecular complexity index is 502. The molecule has 19 heavy (non-hydrogen) atoms. The largest absolute Gasteiger partial charge is 0.461 e. The van der Waals surface area contributed by atoms with Crippen LogP contribution < -0.4 is 10.5 Å². The molecule has 0 aromatic carbocycles. The van der Waals surface area contributed by atoms with Gasteiger partial charge < -0.3 is 15.2 Å². The molecule has 102 valence electrons. The van der Waals surface area contributed by atoms with Crippen LogP contribution in [0.2, 0.25) is 0 Å². The Labute approximate surface area is 110 Å². The Balaban J connectivity index is 1.97. The van der Waals surface area contributed by atoms with Gasteiger partial charge in [0.1, 0.15) is 6.61 Å².